The van der Waals surface area contributed by atoms with Crippen LogP contribution in [0.15, 0.2) is 12.1 Å². The van der Waals surface area contributed by atoms with Gasteiger partial charge in [0.1, 0.15) is 0 Å². The average Bonchev–Trinajstić information content (AvgIpc) is 3.10. The Kier molecular flexibility index (Phi) is 5.45. The minimum atomic E-state index is -0.332. The number of rotatable bonds is 2. The van der Waals surface area contributed by atoms with Crippen molar-refractivity contribution in [1.29, 1.82) is 0 Å². The lowest BCUT2D eigenvalue weighted by atomic mass is 9.94. The van der Waals surface area contributed by atoms with Gasteiger partial charge in [0.2, 0.25) is 11.8 Å². The predicted octanol–water partition coefficient (Wildman–Crippen LogP) is 2.77. The van der Waals surface area contributed by atoms with Gasteiger partial charge in [-0.1, -0.05) is 20.8 Å². The first-order valence-corrected chi connectivity index (χ1v) is 9.97. The fourth-order valence-corrected chi connectivity index (χ4v) is 4.12. The van der Waals surface area contributed by atoms with Crippen LogP contribution in [0.1, 0.15) is 58.0 Å². The molecule has 3 rings (SSSR count). The Hall–Kier alpha value is -2.11. The number of carbonyl (C=O) groups is 2. The van der Waals surface area contributed by atoms with Gasteiger partial charge in [0.15, 0.2) is 0 Å². The molecule has 6 nitrogen and oxygen atoms in total. The Bertz CT molecular complexity index is 717. The quantitative estimate of drug-likeness (QED) is 0.801. The van der Waals surface area contributed by atoms with Crippen molar-refractivity contribution in [2.75, 3.05) is 37.6 Å². The number of hydrogen-bond acceptors (Lipinski definition) is 4. The van der Waals surface area contributed by atoms with E-state index in [9.17, 15) is 9.59 Å². The van der Waals surface area contributed by atoms with Gasteiger partial charge in [-0.2, -0.15) is 0 Å². The van der Waals surface area contributed by atoms with Crippen molar-refractivity contribution in [2.24, 2.45) is 5.41 Å². The van der Waals surface area contributed by atoms with Crippen LogP contribution in [-0.4, -0.2) is 59.3 Å². The SMILES string of the molecule is CC(=O)N1CCCC1c1cc(N2CCN(C(=O)C(C)(C)C)CC2)cc(C)n1. The molecule has 2 saturated heterocycles. The van der Waals surface area contributed by atoms with Crippen LogP contribution in [-0.2, 0) is 9.59 Å². The molecule has 148 valence electrons. The van der Waals surface area contributed by atoms with E-state index in [4.69, 9.17) is 4.98 Å². The molecule has 2 aliphatic rings. The number of hydrogen-bond donors (Lipinski definition) is 0. The summed E-state index contributed by atoms with van der Waals surface area (Å²) in [6.07, 6.45) is 2.01. The largest absolute Gasteiger partial charge is 0.368 e. The minimum absolute atomic E-state index is 0.0879. The van der Waals surface area contributed by atoms with Crippen molar-refractivity contribution >= 4 is 17.5 Å². The number of amides is 2. The summed E-state index contributed by atoms with van der Waals surface area (Å²) < 4.78 is 0. The van der Waals surface area contributed by atoms with E-state index < -0.39 is 0 Å². The van der Waals surface area contributed by atoms with Crippen LogP contribution in [0.25, 0.3) is 0 Å². The van der Waals surface area contributed by atoms with Crippen LogP contribution >= 0.6 is 0 Å². The smallest absolute Gasteiger partial charge is 0.228 e. The number of anilines is 1. The molecule has 1 atom stereocenters. The lowest BCUT2D eigenvalue weighted by Gasteiger charge is -2.39. The van der Waals surface area contributed by atoms with Gasteiger partial charge in [-0.05, 0) is 31.9 Å². The van der Waals surface area contributed by atoms with Crippen LogP contribution in [0.4, 0.5) is 5.69 Å². The third kappa shape index (κ3) is 4.25. The highest BCUT2D eigenvalue weighted by atomic mass is 16.2. The topological polar surface area (TPSA) is 56.8 Å². The molecular formula is C21H32N4O2. The molecule has 2 aliphatic heterocycles. The van der Waals surface area contributed by atoms with Gasteiger partial charge in [-0.25, -0.2) is 0 Å². The highest BCUT2D eigenvalue weighted by Crippen LogP contribution is 2.33. The van der Waals surface area contributed by atoms with E-state index in [1.54, 1.807) is 6.92 Å². The molecule has 1 unspecified atom stereocenters. The first kappa shape index (κ1) is 19.6. The second-order valence-corrected chi connectivity index (χ2v) is 8.79. The summed E-state index contributed by atoms with van der Waals surface area (Å²) in [6.45, 7) is 13.5. The lowest BCUT2D eigenvalue weighted by molar-refractivity contribution is -0.139. The zero-order chi connectivity index (χ0) is 19.8. The summed E-state index contributed by atoms with van der Waals surface area (Å²) in [4.78, 5) is 35.4. The van der Waals surface area contributed by atoms with Crippen LogP contribution < -0.4 is 4.90 Å². The zero-order valence-electron chi connectivity index (χ0n) is 17.3. The molecule has 0 bridgehead atoms. The van der Waals surface area contributed by atoms with Crippen LogP contribution in [0, 0.1) is 12.3 Å². The van der Waals surface area contributed by atoms with Crippen molar-refractivity contribution < 1.29 is 9.59 Å². The van der Waals surface area contributed by atoms with E-state index in [0.717, 1.165) is 62.6 Å². The second kappa shape index (κ2) is 7.49. The molecule has 0 saturated carbocycles. The average molecular weight is 373 g/mol. The third-order valence-electron chi connectivity index (χ3n) is 5.53. The summed E-state index contributed by atoms with van der Waals surface area (Å²) in [5.74, 6) is 0.341. The Labute approximate surface area is 162 Å². The summed E-state index contributed by atoms with van der Waals surface area (Å²) in [5, 5.41) is 0. The number of aryl methyl sites for hydroxylation is 1. The zero-order valence-corrected chi connectivity index (χ0v) is 17.3. The number of pyridine rings is 1. The van der Waals surface area contributed by atoms with Gasteiger partial charge < -0.3 is 14.7 Å². The Morgan fingerprint density at radius 1 is 1.07 bits per heavy atom. The fourth-order valence-electron chi connectivity index (χ4n) is 4.12. The van der Waals surface area contributed by atoms with E-state index in [1.165, 1.54) is 0 Å². The van der Waals surface area contributed by atoms with Crippen molar-refractivity contribution in [2.45, 2.75) is 53.5 Å². The number of nitrogens with zero attached hydrogens (tertiary/aromatic N) is 4. The summed E-state index contributed by atoms with van der Waals surface area (Å²) >= 11 is 0. The molecule has 27 heavy (non-hydrogen) atoms. The molecule has 2 amide bonds. The Morgan fingerprint density at radius 2 is 1.74 bits per heavy atom. The van der Waals surface area contributed by atoms with Crippen molar-refractivity contribution in [3.63, 3.8) is 0 Å². The summed E-state index contributed by atoms with van der Waals surface area (Å²) in [5.41, 5.74) is 2.79. The van der Waals surface area contributed by atoms with E-state index in [1.807, 2.05) is 37.5 Å². The molecule has 0 radical (unpaired) electrons. The maximum atomic E-state index is 12.5. The third-order valence-corrected chi connectivity index (χ3v) is 5.53. The molecular weight excluding hydrogens is 340 g/mol. The maximum Gasteiger partial charge on any atom is 0.228 e. The monoisotopic (exact) mass is 372 g/mol. The van der Waals surface area contributed by atoms with E-state index in [0.29, 0.717) is 0 Å². The van der Waals surface area contributed by atoms with Gasteiger partial charge in [0, 0.05) is 56.4 Å². The molecule has 0 spiro atoms. The highest BCUT2D eigenvalue weighted by Gasteiger charge is 2.31. The molecule has 0 N–H and O–H groups in total. The van der Waals surface area contributed by atoms with Crippen molar-refractivity contribution in [3.05, 3.63) is 23.5 Å². The van der Waals surface area contributed by atoms with Crippen LogP contribution in [0.3, 0.4) is 0 Å². The summed E-state index contributed by atoms with van der Waals surface area (Å²) in [6, 6.07) is 4.34. The van der Waals surface area contributed by atoms with E-state index in [2.05, 4.69) is 17.0 Å². The highest BCUT2D eigenvalue weighted by molar-refractivity contribution is 5.81. The van der Waals surface area contributed by atoms with Gasteiger partial charge in [-0.3, -0.25) is 14.6 Å². The first-order valence-electron chi connectivity index (χ1n) is 9.97. The fraction of sp³-hybridized carbons (Fsp3) is 0.667. The molecule has 2 fully saturated rings. The van der Waals surface area contributed by atoms with Crippen LogP contribution in [0.5, 0.6) is 0 Å². The van der Waals surface area contributed by atoms with Crippen molar-refractivity contribution in [3.8, 4) is 0 Å². The van der Waals surface area contributed by atoms with Gasteiger partial charge in [0.25, 0.3) is 0 Å². The molecule has 0 aliphatic carbocycles. The molecule has 0 aromatic carbocycles. The number of likely N-dealkylation sites (tertiary alicyclic amines) is 1. The van der Waals surface area contributed by atoms with Gasteiger partial charge in [-0.15, -0.1) is 0 Å². The standard InChI is InChI=1S/C21H32N4O2/c1-15-13-17(14-18(22-15)19-7-6-8-25(19)16(2)26)23-9-11-24(12-10-23)20(27)21(3,4)5/h13-14,19H,6-12H2,1-5H3. The number of carbonyl (C=O) groups excluding carboxylic acids is 2. The normalized spacial score (nSPS) is 20.9. The molecule has 3 heterocycles. The Morgan fingerprint density at radius 3 is 2.33 bits per heavy atom. The first-order chi connectivity index (χ1) is 12.7. The number of piperazine rings is 1. The van der Waals surface area contributed by atoms with Gasteiger partial charge >= 0.3 is 0 Å². The predicted molar refractivity (Wildman–Crippen MR) is 107 cm³/mol. The minimum Gasteiger partial charge on any atom is -0.368 e. The maximum absolute atomic E-state index is 12.5. The Balaban J connectivity index is 1.74. The lowest BCUT2D eigenvalue weighted by Crippen LogP contribution is -2.51. The molecule has 6 heteroatoms. The number of aromatic nitrogens is 1. The second-order valence-electron chi connectivity index (χ2n) is 8.79. The van der Waals surface area contributed by atoms with Gasteiger partial charge in [0.05, 0.1) is 11.7 Å². The molecule has 1 aromatic heterocycles. The van der Waals surface area contributed by atoms with E-state index in [-0.39, 0.29) is 23.3 Å². The molecule has 1 aromatic rings. The van der Waals surface area contributed by atoms with Crippen LogP contribution in [0.2, 0.25) is 0 Å². The van der Waals surface area contributed by atoms with Crippen molar-refractivity contribution in [1.82, 2.24) is 14.8 Å². The summed E-state index contributed by atoms with van der Waals surface area (Å²) in [7, 11) is 0. The van der Waals surface area contributed by atoms with E-state index >= 15 is 0 Å².